The molecule has 0 aliphatic rings. The Morgan fingerprint density at radius 2 is 1.62 bits per heavy atom. The zero-order valence-electron chi connectivity index (χ0n) is 12.7. The van der Waals surface area contributed by atoms with Crippen LogP contribution >= 0.6 is 11.6 Å². The number of rotatable bonds is 4. The number of hydrogen-bond donors (Lipinski definition) is 1. The molecular weight excluding hydrogens is 340 g/mol. The molecule has 2 aromatic carbocycles. The predicted molar refractivity (Wildman–Crippen MR) is 87.3 cm³/mol. The summed E-state index contributed by atoms with van der Waals surface area (Å²) in [5.74, 6) is -0.621. The molecule has 24 heavy (non-hydrogen) atoms. The molecule has 8 heteroatoms. The molecule has 1 N–H and O–H groups in total. The minimum atomic E-state index is -0.837. The first kappa shape index (κ1) is 16.2. The van der Waals surface area contributed by atoms with Gasteiger partial charge >= 0.3 is 0 Å². The van der Waals surface area contributed by atoms with E-state index in [1.165, 1.54) is 20.4 Å². The standard InChI is InChI=1S/C16H12ClF2N3O2/c1-23-13-3-8-7-20-16(21-12(8)6-14(13)24-2)22-15-10(18)4-9(17)5-11(15)19/h3-7H,1-2H3,(H,20,21,22). The predicted octanol–water partition coefficient (Wildman–Crippen LogP) is 4.32. The summed E-state index contributed by atoms with van der Waals surface area (Å²) in [6.45, 7) is 0. The molecule has 0 saturated carbocycles. The summed E-state index contributed by atoms with van der Waals surface area (Å²) >= 11 is 5.60. The summed E-state index contributed by atoms with van der Waals surface area (Å²) < 4.78 is 38.1. The molecule has 1 heterocycles. The van der Waals surface area contributed by atoms with Gasteiger partial charge in [0.25, 0.3) is 0 Å². The Kier molecular flexibility index (Phi) is 4.35. The van der Waals surface area contributed by atoms with E-state index in [1.54, 1.807) is 12.1 Å². The number of ether oxygens (including phenoxy) is 2. The Balaban J connectivity index is 2.02. The lowest BCUT2D eigenvalue weighted by Crippen LogP contribution is -2.02. The number of aromatic nitrogens is 2. The van der Waals surface area contributed by atoms with E-state index in [9.17, 15) is 8.78 Å². The lowest BCUT2D eigenvalue weighted by molar-refractivity contribution is 0.356. The van der Waals surface area contributed by atoms with Crippen LogP contribution < -0.4 is 14.8 Å². The molecule has 0 unspecified atom stereocenters. The van der Waals surface area contributed by atoms with Crippen LogP contribution in [0.3, 0.4) is 0 Å². The fourth-order valence-corrected chi connectivity index (χ4v) is 2.38. The van der Waals surface area contributed by atoms with Gasteiger partial charge in [0.1, 0.15) is 5.69 Å². The molecule has 0 saturated heterocycles. The number of methoxy groups -OCH3 is 2. The maximum Gasteiger partial charge on any atom is 0.227 e. The van der Waals surface area contributed by atoms with Gasteiger partial charge in [-0.1, -0.05) is 11.6 Å². The number of hydrogen-bond acceptors (Lipinski definition) is 5. The highest BCUT2D eigenvalue weighted by Gasteiger charge is 2.13. The van der Waals surface area contributed by atoms with Crippen LogP contribution in [0.2, 0.25) is 5.02 Å². The van der Waals surface area contributed by atoms with Gasteiger partial charge in [-0.3, -0.25) is 0 Å². The van der Waals surface area contributed by atoms with Crippen molar-refractivity contribution in [1.29, 1.82) is 0 Å². The van der Waals surface area contributed by atoms with Gasteiger partial charge in [-0.25, -0.2) is 18.7 Å². The van der Waals surface area contributed by atoms with Gasteiger partial charge in [0.15, 0.2) is 23.1 Å². The zero-order valence-corrected chi connectivity index (χ0v) is 13.5. The average molecular weight is 352 g/mol. The van der Waals surface area contributed by atoms with Crippen LogP contribution in [0.4, 0.5) is 20.4 Å². The van der Waals surface area contributed by atoms with Gasteiger partial charge in [0.05, 0.1) is 19.7 Å². The Morgan fingerprint density at radius 1 is 1.00 bits per heavy atom. The number of nitrogens with one attached hydrogen (secondary N) is 1. The maximum absolute atomic E-state index is 13.8. The molecule has 0 radical (unpaired) electrons. The number of fused-ring (bicyclic) bond motifs is 1. The second kappa shape index (κ2) is 6.45. The molecule has 0 atom stereocenters. The van der Waals surface area contributed by atoms with Crippen LogP contribution in [0, 0.1) is 11.6 Å². The Bertz CT molecular complexity index is 898. The number of benzene rings is 2. The normalized spacial score (nSPS) is 10.7. The molecule has 3 rings (SSSR count). The lowest BCUT2D eigenvalue weighted by Gasteiger charge is -2.11. The molecule has 0 aliphatic carbocycles. The number of anilines is 2. The van der Waals surface area contributed by atoms with Crippen molar-refractivity contribution in [2.45, 2.75) is 0 Å². The van der Waals surface area contributed by atoms with Crippen LogP contribution in [0.5, 0.6) is 11.5 Å². The van der Waals surface area contributed by atoms with Gasteiger partial charge in [-0.05, 0) is 18.2 Å². The molecule has 0 spiro atoms. The molecule has 0 aliphatic heterocycles. The zero-order chi connectivity index (χ0) is 17.3. The van der Waals surface area contributed by atoms with Crippen LogP contribution in [-0.4, -0.2) is 24.2 Å². The van der Waals surface area contributed by atoms with Crippen molar-refractivity contribution >= 4 is 34.1 Å². The minimum Gasteiger partial charge on any atom is -0.493 e. The summed E-state index contributed by atoms with van der Waals surface area (Å²) in [6, 6.07) is 5.36. The van der Waals surface area contributed by atoms with E-state index in [4.69, 9.17) is 21.1 Å². The van der Waals surface area contributed by atoms with E-state index in [1.807, 2.05) is 0 Å². The fourth-order valence-electron chi connectivity index (χ4n) is 2.19. The van der Waals surface area contributed by atoms with Crippen molar-refractivity contribution in [3.8, 4) is 11.5 Å². The third-order valence-corrected chi connectivity index (χ3v) is 3.55. The van der Waals surface area contributed by atoms with Crippen LogP contribution in [0.15, 0.2) is 30.5 Å². The summed E-state index contributed by atoms with van der Waals surface area (Å²) in [6.07, 6.45) is 1.51. The number of halogens is 3. The molecular formula is C16H12ClF2N3O2. The molecule has 0 amide bonds. The first-order valence-corrected chi connectivity index (χ1v) is 7.20. The maximum atomic E-state index is 13.8. The smallest absolute Gasteiger partial charge is 0.227 e. The highest BCUT2D eigenvalue weighted by Crippen LogP contribution is 2.32. The van der Waals surface area contributed by atoms with E-state index >= 15 is 0 Å². The molecule has 0 bridgehead atoms. The van der Waals surface area contributed by atoms with Gasteiger partial charge in [0, 0.05) is 22.7 Å². The Hall–Kier alpha value is -2.67. The summed E-state index contributed by atoms with van der Waals surface area (Å²) in [4.78, 5) is 8.29. The summed E-state index contributed by atoms with van der Waals surface area (Å²) in [7, 11) is 3.02. The largest absolute Gasteiger partial charge is 0.493 e. The van der Waals surface area contributed by atoms with Crippen molar-refractivity contribution in [3.63, 3.8) is 0 Å². The second-order valence-electron chi connectivity index (χ2n) is 4.83. The SMILES string of the molecule is COc1cc2cnc(Nc3c(F)cc(Cl)cc3F)nc2cc1OC. The number of nitrogens with zero attached hydrogens (tertiary/aromatic N) is 2. The van der Waals surface area contributed by atoms with Gasteiger partial charge in [-0.15, -0.1) is 0 Å². The van der Waals surface area contributed by atoms with Crippen molar-refractivity contribution < 1.29 is 18.3 Å². The van der Waals surface area contributed by atoms with E-state index in [0.717, 1.165) is 12.1 Å². The molecule has 3 aromatic rings. The van der Waals surface area contributed by atoms with Crippen molar-refractivity contribution in [2.75, 3.05) is 19.5 Å². The third-order valence-electron chi connectivity index (χ3n) is 3.33. The molecule has 0 fully saturated rings. The monoisotopic (exact) mass is 351 g/mol. The lowest BCUT2D eigenvalue weighted by atomic mass is 10.2. The van der Waals surface area contributed by atoms with Crippen molar-refractivity contribution in [2.24, 2.45) is 0 Å². The van der Waals surface area contributed by atoms with E-state index < -0.39 is 11.6 Å². The van der Waals surface area contributed by atoms with Crippen LogP contribution in [0.1, 0.15) is 0 Å². The summed E-state index contributed by atoms with van der Waals surface area (Å²) in [5, 5.41) is 3.18. The summed E-state index contributed by atoms with van der Waals surface area (Å²) in [5.41, 5.74) is 0.152. The van der Waals surface area contributed by atoms with Gasteiger partial charge in [0.2, 0.25) is 5.95 Å². The van der Waals surface area contributed by atoms with Crippen LogP contribution in [0.25, 0.3) is 10.9 Å². The van der Waals surface area contributed by atoms with E-state index in [0.29, 0.717) is 22.4 Å². The van der Waals surface area contributed by atoms with E-state index in [-0.39, 0.29) is 16.7 Å². The molecule has 1 aromatic heterocycles. The van der Waals surface area contributed by atoms with Crippen molar-refractivity contribution in [3.05, 3.63) is 47.1 Å². The van der Waals surface area contributed by atoms with E-state index in [2.05, 4.69) is 15.3 Å². The van der Waals surface area contributed by atoms with Crippen molar-refractivity contribution in [1.82, 2.24) is 9.97 Å². The fraction of sp³-hybridized carbons (Fsp3) is 0.125. The Labute approximate surface area is 141 Å². The van der Waals surface area contributed by atoms with Crippen LogP contribution in [-0.2, 0) is 0 Å². The highest BCUT2D eigenvalue weighted by molar-refractivity contribution is 6.30. The topological polar surface area (TPSA) is 56.3 Å². The second-order valence-corrected chi connectivity index (χ2v) is 5.27. The molecule has 5 nitrogen and oxygen atoms in total. The first-order chi connectivity index (χ1) is 11.5. The quantitative estimate of drug-likeness (QED) is 0.758. The molecule has 124 valence electrons. The van der Waals surface area contributed by atoms with Gasteiger partial charge < -0.3 is 14.8 Å². The third kappa shape index (κ3) is 3.03. The highest BCUT2D eigenvalue weighted by atomic mass is 35.5. The first-order valence-electron chi connectivity index (χ1n) is 6.82. The minimum absolute atomic E-state index is 0.0354. The van der Waals surface area contributed by atoms with Gasteiger partial charge in [-0.2, -0.15) is 0 Å². The Morgan fingerprint density at radius 3 is 2.25 bits per heavy atom. The average Bonchev–Trinajstić information content (AvgIpc) is 2.56.